The molecule has 0 N–H and O–H groups in total. The van der Waals surface area contributed by atoms with Crippen LogP contribution in [0.25, 0.3) is 0 Å². The molecule has 1 spiro atoms. The predicted octanol–water partition coefficient (Wildman–Crippen LogP) is 3.35. The van der Waals surface area contributed by atoms with Crippen molar-refractivity contribution in [2.75, 3.05) is 20.1 Å². The van der Waals surface area contributed by atoms with Crippen LogP contribution in [0, 0.1) is 0 Å². The molecule has 218 valence electrons. The number of hydrogen-bond donors (Lipinski definition) is 0. The Labute approximate surface area is 241 Å². The first-order valence-corrected chi connectivity index (χ1v) is 15.7. The van der Waals surface area contributed by atoms with Gasteiger partial charge >= 0.3 is 11.9 Å². The lowest BCUT2D eigenvalue weighted by atomic mass is 9.48. The molecule has 2 aliphatic heterocycles. The van der Waals surface area contributed by atoms with Gasteiger partial charge in [0.05, 0.1) is 23.3 Å². The first kappa shape index (κ1) is 27.9. The molecule has 2 heterocycles. The Morgan fingerprint density at radius 1 is 1.15 bits per heavy atom. The molecular formula is C31H36N2O7S. The molecule has 1 saturated heterocycles. The number of sulfonamides is 1. The van der Waals surface area contributed by atoms with E-state index in [1.54, 1.807) is 25.2 Å². The van der Waals surface area contributed by atoms with Gasteiger partial charge in [0, 0.05) is 39.5 Å². The maximum atomic E-state index is 13.8. The monoisotopic (exact) mass is 580 g/mol. The first-order valence-electron chi connectivity index (χ1n) is 14.1. The van der Waals surface area contributed by atoms with Crippen LogP contribution in [0.2, 0.25) is 0 Å². The summed E-state index contributed by atoms with van der Waals surface area (Å²) in [7, 11) is -2.12. The van der Waals surface area contributed by atoms with Crippen molar-refractivity contribution in [3.8, 4) is 11.5 Å². The smallest absolute Gasteiger partial charge is 0.308 e. The van der Waals surface area contributed by atoms with Crippen molar-refractivity contribution in [2.45, 2.75) is 74.5 Å². The zero-order valence-corrected chi connectivity index (χ0v) is 24.5. The molecule has 0 amide bonds. The molecule has 0 aromatic heterocycles. The molecule has 2 aromatic rings. The Bertz CT molecular complexity index is 1510. The summed E-state index contributed by atoms with van der Waals surface area (Å²) < 4.78 is 47.9. The summed E-state index contributed by atoms with van der Waals surface area (Å²) in [6.07, 6.45) is 3.33. The highest BCUT2D eigenvalue weighted by Gasteiger charge is 2.75. The van der Waals surface area contributed by atoms with Gasteiger partial charge in [-0.05, 0) is 42.9 Å². The number of rotatable bonds is 8. The number of nitrogens with zero attached hydrogens (tertiary/aromatic N) is 2. The molecule has 9 nitrogen and oxygen atoms in total. The molecule has 2 unspecified atom stereocenters. The molecule has 2 aromatic carbocycles. The fraction of sp³-hybridized carbons (Fsp3) is 0.484. The minimum atomic E-state index is -3.73. The SMILES string of the molecule is C=CCN1CC[C@]23c4c5ccc(OC(C)=O)c4OC2C(N(C)S(=O)(=O)Cc2ccccc2)CC[C@@]3(OC(C)=O)[C@H]1C5. The van der Waals surface area contributed by atoms with E-state index in [4.69, 9.17) is 14.2 Å². The Morgan fingerprint density at radius 2 is 1.90 bits per heavy atom. The molecule has 5 atom stereocenters. The Hall–Kier alpha value is -3.21. The summed E-state index contributed by atoms with van der Waals surface area (Å²) in [6.45, 7) is 8.06. The third-order valence-electron chi connectivity index (χ3n) is 9.53. The number of likely N-dealkylation sites (tertiary alicyclic amines) is 1. The van der Waals surface area contributed by atoms with Gasteiger partial charge in [-0.15, -0.1) is 6.58 Å². The maximum absolute atomic E-state index is 13.8. The van der Waals surface area contributed by atoms with Crippen molar-refractivity contribution in [1.82, 2.24) is 9.21 Å². The molecule has 10 heteroatoms. The summed E-state index contributed by atoms with van der Waals surface area (Å²) in [6, 6.07) is 12.2. The third kappa shape index (κ3) is 4.13. The summed E-state index contributed by atoms with van der Waals surface area (Å²) in [4.78, 5) is 27.2. The highest BCUT2D eigenvalue weighted by molar-refractivity contribution is 7.88. The van der Waals surface area contributed by atoms with E-state index in [1.807, 2.05) is 30.3 Å². The summed E-state index contributed by atoms with van der Waals surface area (Å²) in [5.41, 5.74) is 0.858. The second-order valence-electron chi connectivity index (χ2n) is 11.6. The quantitative estimate of drug-likeness (QED) is 0.266. The van der Waals surface area contributed by atoms with Crippen LogP contribution in [0.3, 0.4) is 0 Å². The van der Waals surface area contributed by atoms with Crippen molar-refractivity contribution in [2.24, 2.45) is 0 Å². The van der Waals surface area contributed by atoms with Crippen LogP contribution in [0.4, 0.5) is 0 Å². The number of benzene rings is 2. The lowest BCUT2D eigenvalue weighted by Gasteiger charge is -2.65. The molecule has 2 aliphatic carbocycles. The van der Waals surface area contributed by atoms with Gasteiger partial charge in [0.1, 0.15) is 11.7 Å². The van der Waals surface area contributed by atoms with Gasteiger partial charge in [-0.1, -0.05) is 42.5 Å². The summed E-state index contributed by atoms with van der Waals surface area (Å²) >= 11 is 0. The number of hydrogen-bond acceptors (Lipinski definition) is 8. The fourth-order valence-electron chi connectivity index (χ4n) is 8.11. The minimum Gasteiger partial charge on any atom is -0.483 e. The Kier molecular flexibility index (Phi) is 6.79. The van der Waals surface area contributed by atoms with Gasteiger partial charge in [-0.3, -0.25) is 14.5 Å². The van der Waals surface area contributed by atoms with Crippen LogP contribution in [0.1, 0.15) is 49.8 Å². The number of esters is 2. The maximum Gasteiger partial charge on any atom is 0.308 e. The van der Waals surface area contributed by atoms with Gasteiger partial charge < -0.3 is 14.2 Å². The molecule has 1 saturated carbocycles. The molecule has 4 aliphatic rings. The van der Waals surface area contributed by atoms with E-state index in [-0.39, 0.29) is 17.8 Å². The second-order valence-corrected chi connectivity index (χ2v) is 13.7. The van der Waals surface area contributed by atoms with E-state index < -0.39 is 39.2 Å². The minimum absolute atomic E-state index is 0.137. The van der Waals surface area contributed by atoms with Crippen LogP contribution < -0.4 is 9.47 Å². The van der Waals surface area contributed by atoms with Crippen LogP contribution in [0.5, 0.6) is 11.5 Å². The van der Waals surface area contributed by atoms with Crippen molar-refractivity contribution in [3.63, 3.8) is 0 Å². The number of ether oxygens (including phenoxy) is 3. The molecule has 41 heavy (non-hydrogen) atoms. The highest BCUT2D eigenvalue weighted by Crippen LogP contribution is 2.67. The van der Waals surface area contributed by atoms with Crippen molar-refractivity contribution < 1.29 is 32.2 Å². The number of piperidine rings is 1. The van der Waals surface area contributed by atoms with Gasteiger partial charge in [-0.25, -0.2) is 8.42 Å². The van der Waals surface area contributed by atoms with Crippen molar-refractivity contribution in [1.29, 1.82) is 0 Å². The van der Waals surface area contributed by atoms with E-state index in [1.165, 1.54) is 18.2 Å². The van der Waals surface area contributed by atoms with Gasteiger partial charge in [0.25, 0.3) is 0 Å². The van der Waals surface area contributed by atoms with Crippen LogP contribution in [-0.2, 0) is 41.9 Å². The van der Waals surface area contributed by atoms with Gasteiger partial charge in [0.15, 0.2) is 11.5 Å². The van der Waals surface area contributed by atoms with Crippen molar-refractivity contribution >= 4 is 22.0 Å². The van der Waals surface area contributed by atoms with Crippen LogP contribution in [0.15, 0.2) is 55.1 Å². The van der Waals surface area contributed by atoms with E-state index in [9.17, 15) is 18.0 Å². The zero-order valence-electron chi connectivity index (χ0n) is 23.7. The molecular weight excluding hydrogens is 544 g/mol. The summed E-state index contributed by atoms with van der Waals surface area (Å²) in [5, 5.41) is 0. The summed E-state index contributed by atoms with van der Waals surface area (Å²) in [5.74, 6) is -0.238. The number of carbonyl (C=O) groups excluding carboxylic acids is 2. The molecule has 0 radical (unpaired) electrons. The number of carbonyl (C=O) groups is 2. The lowest BCUT2D eigenvalue weighted by Crippen LogP contribution is -2.79. The van der Waals surface area contributed by atoms with E-state index in [0.717, 1.165) is 11.1 Å². The van der Waals surface area contributed by atoms with Crippen LogP contribution in [-0.4, -0.2) is 73.5 Å². The largest absolute Gasteiger partial charge is 0.483 e. The fourth-order valence-corrected chi connectivity index (χ4v) is 9.56. The van der Waals surface area contributed by atoms with E-state index in [2.05, 4.69) is 11.5 Å². The van der Waals surface area contributed by atoms with E-state index in [0.29, 0.717) is 55.8 Å². The molecule has 2 bridgehead atoms. The number of likely N-dealkylation sites (N-methyl/N-ethyl adjacent to an activating group) is 1. The lowest BCUT2D eigenvalue weighted by molar-refractivity contribution is -0.220. The molecule has 6 rings (SSSR count). The van der Waals surface area contributed by atoms with Gasteiger partial charge in [-0.2, -0.15) is 4.31 Å². The first-order chi connectivity index (χ1) is 19.5. The standard InChI is InChI=1S/C31H36N2O7S/c1-5-16-33-17-15-30-27-23-11-12-25(38-20(2)34)28(27)39-29(30)24(13-14-31(30,26(33)18-23)40-21(3)35)32(4)41(36,37)19-22-9-7-6-8-10-22/h5-12,24,26,29H,1,13-19H2,2-4H3/t24?,26-,29?,30+,31-/m1/s1. The van der Waals surface area contributed by atoms with Crippen LogP contribution >= 0.6 is 0 Å². The normalized spacial score (nSPS) is 29.8. The van der Waals surface area contributed by atoms with E-state index >= 15 is 0 Å². The molecule has 2 fully saturated rings. The Balaban J connectivity index is 1.51. The second kappa shape index (κ2) is 9.96. The average Bonchev–Trinajstić information content (AvgIpc) is 3.26. The van der Waals surface area contributed by atoms with Crippen molar-refractivity contribution in [3.05, 3.63) is 71.8 Å². The Morgan fingerprint density at radius 3 is 2.59 bits per heavy atom. The van der Waals surface area contributed by atoms with Gasteiger partial charge in [0.2, 0.25) is 10.0 Å². The topological polar surface area (TPSA) is 102 Å². The highest BCUT2D eigenvalue weighted by atomic mass is 32.2. The average molecular weight is 581 g/mol. The predicted molar refractivity (Wildman–Crippen MR) is 152 cm³/mol. The third-order valence-corrected chi connectivity index (χ3v) is 11.4. The zero-order chi connectivity index (χ0) is 29.2.